The van der Waals surface area contributed by atoms with Gasteiger partial charge >= 0.3 is 6.09 Å². The summed E-state index contributed by atoms with van der Waals surface area (Å²) in [6.07, 6.45) is 4.56. The highest BCUT2D eigenvalue weighted by Gasteiger charge is 2.21. The van der Waals surface area contributed by atoms with Crippen molar-refractivity contribution >= 4 is 17.8 Å². The topological polar surface area (TPSA) is 97.0 Å². The molecule has 1 saturated carbocycles. The molecule has 0 aromatic heterocycles. The number of carbonyl (C=O) groups is 2. The Kier molecular flexibility index (Phi) is 9.65. The molecule has 0 atom stereocenters. The largest absolute Gasteiger partial charge is 0.446 e. The van der Waals surface area contributed by atoms with Crippen LogP contribution < -0.4 is 11.1 Å². The van der Waals surface area contributed by atoms with Gasteiger partial charge in [0, 0.05) is 38.2 Å². The lowest BCUT2D eigenvalue weighted by atomic mass is 9.96. The maximum Gasteiger partial charge on any atom is 0.407 e. The van der Waals surface area contributed by atoms with E-state index in [2.05, 4.69) is 16.9 Å². The minimum absolute atomic E-state index is 0.0803. The number of nitrogens with two attached hydrogens (primary N) is 1. The number of ether oxygens (including phenoxy) is 1. The van der Waals surface area contributed by atoms with E-state index >= 15 is 0 Å². The Labute approximate surface area is 150 Å². The third-order valence-electron chi connectivity index (χ3n) is 4.04. The van der Waals surface area contributed by atoms with Gasteiger partial charge in [0.05, 0.1) is 5.84 Å². The number of carbonyl (C=O) groups excluding carboxylic acids is 2. The molecule has 0 aliphatic heterocycles. The van der Waals surface area contributed by atoms with E-state index in [4.69, 9.17) is 10.5 Å². The van der Waals surface area contributed by atoms with Crippen LogP contribution in [0, 0.1) is 0 Å². The van der Waals surface area contributed by atoms with Gasteiger partial charge in [0.1, 0.15) is 6.10 Å². The normalized spacial score (nSPS) is 14.6. The number of amidine groups is 1. The van der Waals surface area contributed by atoms with E-state index < -0.39 is 0 Å². The number of nitrogens with one attached hydrogen (secondary N) is 1. The van der Waals surface area contributed by atoms with Crippen LogP contribution in [-0.4, -0.2) is 55.0 Å². The second-order valence-corrected chi connectivity index (χ2v) is 6.28. The van der Waals surface area contributed by atoms with Crippen LogP contribution in [0.15, 0.2) is 17.1 Å². The number of nitrogens with zero attached hydrogens (tertiary/aromatic N) is 2. The first-order valence-corrected chi connectivity index (χ1v) is 9.18. The molecule has 0 radical (unpaired) electrons. The third-order valence-corrected chi connectivity index (χ3v) is 4.04. The van der Waals surface area contributed by atoms with Gasteiger partial charge in [0.25, 0.3) is 0 Å². The molecule has 0 bridgehead atoms. The second kappa shape index (κ2) is 11.5. The molecule has 25 heavy (non-hydrogen) atoms. The Balaban J connectivity index is 2.34. The molecule has 1 fully saturated rings. The molecule has 1 aliphatic carbocycles. The molecular weight excluding hydrogens is 320 g/mol. The maximum absolute atomic E-state index is 12.5. The van der Waals surface area contributed by atoms with Crippen molar-refractivity contribution in [3.63, 3.8) is 0 Å². The summed E-state index contributed by atoms with van der Waals surface area (Å²) in [5.74, 6) is 0.325. The summed E-state index contributed by atoms with van der Waals surface area (Å²) >= 11 is 0. The van der Waals surface area contributed by atoms with E-state index in [9.17, 15) is 9.59 Å². The molecule has 1 aliphatic rings. The molecule has 7 heteroatoms. The summed E-state index contributed by atoms with van der Waals surface area (Å²) < 4.78 is 5.22. The van der Waals surface area contributed by atoms with Crippen molar-refractivity contribution in [3.8, 4) is 0 Å². The van der Waals surface area contributed by atoms with Crippen LogP contribution in [0.25, 0.3) is 0 Å². The summed E-state index contributed by atoms with van der Waals surface area (Å²) in [5.41, 5.74) is 6.21. The van der Waals surface area contributed by atoms with Gasteiger partial charge in [-0.15, -0.1) is 0 Å². The Morgan fingerprint density at radius 1 is 1.32 bits per heavy atom. The van der Waals surface area contributed by atoms with Crippen molar-refractivity contribution in [2.45, 2.75) is 58.5 Å². The number of aliphatic imine (C=N–C) groups is 1. The summed E-state index contributed by atoms with van der Waals surface area (Å²) in [7, 11) is 0. The Hall–Kier alpha value is -2.05. The molecule has 2 amide bonds. The summed E-state index contributed by atoms with van der Waals surface area (Å²) in [4.78, 5) is 29.9. The molecule has 0 saturated heterocycles. The van der Waals surface area contributed by atoms with Crippen molar-refractivity contribution in [2.24, 2.45) is 10.7 Å². The van der Waals surface area contributed by atoms with Gasteiger partial charge in [-0.25, -0.2) is 4.79 Å². The smallest absolute Gasteiger partial charge is 0.407 e. The van der Waals surface area contributed by atoms with Gasteiger partial charge in [-0.3, -0.25) is 9.79 Å². The van der Waals surface area contributed by atoms with Gasteiger partial charge in [0.15, 0.2) is 0 Å². The molecule has 0 aromatic carbocycles. The fourth-order valence-corrected chi connectivity index (χ4v) is 2.50. The number of amides is 2. The van der Waals surface area contributed by atoms with Crippen molar-refractivity contribution in [1.82, 2.24) is 10.2 Å². The quantitative estimate of drug-likeness (QED) is 0.258. The van der Waals surface area contributed by atoms with Gasteiger partial charge < -0.3 is 20.7 Å². The first kappa shape index (κ1) is 21.0. The standard InChI is InChI=1S/C18H32N4O3/c1-4-11-22(17(23)14(3)13-16(19)20-5-2)12-7-10-21-18(24)25-15-8-6-9-15/h15H,3-13H2,1-2H3,(H2,19,20)(H,21,24). The Morgan fingerprint density at radius 3 is 2.60 bits per heavy atom. The lowest BCUT2D eigenvalue weighted by Gasteiger charge is -2.25. The minimum Gasteiger partial charge on any atom is -0.446 e. The predicted molar refractivity (Wildman–Crippen MR) is 99.5 cm³/mol. The molecule has 142 valence electrons. The summed E-state index contributed by atoms with van der Waals surface area (Å²) in [6.45, 7) is 10.0. The third kappa shape index (κ3) is 8.05. The molecule has 0 heterocycles. The lowest BCUT2D eigenvalue weighted by Crippen LogP contribution is -2.37. The average Bonchev–Trinajstić information content (AvgIpc) is 2.53. The van der Waals surface area contributed by atoms with Crippen molar-refractivity contribution in [2.75, 3.05) is 26.2 Å². The van der Waals surface area contributed by atoms with E-state index in [-0.39, 0.29) is 18.1 Å². The zero-order chi connectivity index (χ0) is 18.7. The molecule has 1 rings (SSSR count). The number of hydrogen-bond donors (Lipinski definition) is 2. The van der Waals surface area contributed by atoms with Crippen LogP contribution >= 0.6 is 0 Å². The molecule has 0 unspecified atom stereocenters. The van der Waals surface area contributed by atoms with Gasteiger partial charge in [-0.05, 0) is 39.0 Å². The molecular formula is C18H32N4O3. The monoisotopic (exact) mass is 352 g/mol. The van der Waals surface area contributed by atoms with Gasteiger partial charge in [-0.1, -0.05) is 13.5 Å². The van der Waals surface area contributed by atoms with Gasteiger partial charge in [-0.2, -0.15) is 0 Å². The number of hydrogen-bond acceptors (Lipinski definition) is 4. The number of rotatable bonds is 11. The fourth-order valence-electron chi connectivity index (χ4n) is 2.50. The Morgan fingerprint density at radius 2 is 2.04 bits per heavy atom. The SMILES string of the molecule is C=C(CC(N)=NCC)C(=O)N(CCC)CCCNC(=O)OC1CCC1. The highest BCUT2D eigenvalue weighted by atomic mass is 16.6. The molecule has 0 spiro atoms. The van der Waals surface area contributed by atoms with Crippen molar-refractivity contribution in [1.29, 1.82) is 0 Å². The van der Waals surface area contributed by atoms with E-state index in [1.54, 1.807) is 4.90 Å². The first-order valence-electron chi connectivity index (χ1n) is 9.18. The lowest BCUT2D eigenvalue weighted by molar-refractivity contribution is -0.127. The van der Waals surface area contributed by atoms with E-state index in [0.29, 0.717) is 50.4 Å². The Bertz CT molecular complexity index is 487. The first-order chi connectivity index (χ1) is 12.0. The molecule has 3 N–H and O–H groups in total. The average molecular weight is 352 g/mol. The van der Waals surface area contributed by atoms with Crippen LogP contribution in [-0.2, 0) is 9.53 Å². The molecule has 0 aromatic rings. The van der Waals surface area contributed by atoms with E-state index in [1.165, 1.54) is 0 Å². The van der Waals surface area contributed by atoms with Gasteiger partial charge in [0.2, 0.25) is 5.91 Å². The van der Waals surface area contributed by atoms with E-state index in [0.717, 1.165) is 25.7 Å². The highest BCUT2D eigenvalue weighted by Crippen LogP contribution is 2.21. The second-order valence-electron chi connectivity index (χ2n) is 6.28. The zero-order valence-corrected chi connectivity index (χ0v) is 15.6. The van der Waals surface area contributed by atoms with Crippen LogP contribution in [0.5, 0.6) is 0 Å². The minimum atomic E-state index is -0.369. The summed E-state index contributed by atoms with van der Waals surface area (Å²) in [6, 6.07) is 0. The van der Waals surface area contributed by atoms with Crippen molar-refractivity contribution in [3.05, 3.63) is 12.2 Å². The molecule has 7 nitrogen and oxygen atoms in total. The highest BCUT2D eigenvalue weighted by molar-refractivity contribution is 5.99. The van der Waals surface area contributed by atoms with Crippen LogP contribution in [0.4, 0.5) is 4.79 Å². The predicted octanol–water partition coefficient (Wildman–Crippen LogP) is 2.22. The summed E-state index contributed by atoms with van der Waals surface area (Å²) in [5, 5.41) is 2.74. The maximum atomic E-state index is 12.5. The van der Waals surface area contributed by atoms with Crippen LogP contribution in [0.1, 0.15) is 52.4 Å². The zero-order valence-electron chi connectivity index (χ0n) is 15.6. The van der Waals surface area contributed by atoms with E-state index in [1.807, 2.05) is 13.8 Å². The number of alkyl carbamates (subject to hydrolysis) is 1. The van der Waals surface area contributed by atoms with Crippen LogP contribution in [0.3, 0.4) is 0 Å². The van der Waals surface area contributed by atoms with Crippen molar-refractivity contribution < 1.29 is 14.3 Å². The fraction of sp³-hybridized carbons (Fsp3) is 0.722. The van der Waals surface area contributed by atoms with Crippen LogP contribution in [0.2, 0.25) is 0 Å².